The van der Waals surface area contributed by atoms with Crippen LogP contribution in [0, 0.1) is 0 Å². The smallest absolute Gasteiger partial charge is 0.134 e. The standard InChI is InChI=1S/C19H16O2/c1-13(15-7-5-4-6-8-15)18-12-21-19-10-9-16(20-3)11-17(19)14(18)2/h4-12H,1-2H2,3H3. The van der Waals surface area contributed by atoms with Gasteiger partial charge in [0.15, 0.2) is 0 Å². The molecule has 2 aromatic rings. The fourth-order valence-corrected chi connectivity index (χ4v) is 2.36. The van der Waals surface area contributed by atoms with E-state index in [0.717, 1.165) is 39.3 Å². The highest BCUT2D eigenvalue weighted by molar-refractivity contribution is 5.98. The van der Waals surface area contributed by atoms with E-state index in [0.29, 0.717) is 0 Å². The molecule has 0 fully saturated rings. The number of hydrogen-bond acceptors (Lipinski definition) is 2. The Morgan fingerprint density at radius 2 is 1.86 bits per heavy atom. The van der Waals surface area contributed by atoms with Gasteiger partial charge in [-0.05, 0) is 34.9 Å². The highest BCUT2D eigenvalue weighted by Gasteiger charge is 2.20. The molecule has 2 heteroatoms. The van der Waals surface area contributed by atoms with Crippen LogP contribution in [-0.2, 0) is 0 Å². The van der Waals surface area contributed by atoms with Gasteiger partial charge in [0.25, 0.3) is 0 Å². The van der Waals surface area contributed by atoms with Crippen molar-refractivity contribution in [3.8, 4) is 11.5 Å². The molecule has 0 amide bonds. The number of ether oxygens (including phenoxy) is 2. The summed E-state index contributed by atoms with van der Waals surface area (Å²) >= 11 is 0. The van der Waals surface area contributed by atoms with Crippen molar-refractivity contribution in [2.75, 3.05) is 7.11 Å². The number of benzene rings is 2. The summed E-state index contributed by atoms with van der Waals surface area (Å²) < 4.78 is 11.0. The quantitative estimate of drug-likeness (QED) is 0.809. The molecule has 1 heterocycles. The van der Waals surface area contributed by atoms with Crippen LogP contribution in [0.15, 0.2) is 73.5 Å². The van der Waals surface area contributed by atoms with Crippen LogP contribution in [0.4, 0.5) is 0 Å². The third-order valence-corrected chi connectivity index (χ3v) is 3.59. The van der Waals surface area contributed by atoms with Crippen LogP contribution in [0.3, 0.4) is 0 Å². The number of methoxy groups -OCH3 is 1. The average Bonchev–Trinajstić information content (AvgIpc) is 2.55. The zero-order chi connectivity index (χ0) is 14.8. The van der Waals surface area contributed by atoms with Gasteiger partial charge in [0.05, 0.1) is 13.4 Å². The van der Waals surface area contributed by atoms with E-state index >= 15 is 0 Å². The molecule has 2 aromatic carbocycles. The summed E-state index contributed by atoms with van der Waals surface area (Å²) in [5, 5.41) is 0. The lowest BCUT2D eigenvalue weighted by Gasteiger charge is -2.22. The normalized spacial score (nSPS) is 13.0. The van der Waals surface area contributed by atoms with Crippen LogP contribution in [0.25, 0.3) is 11.1 Å². The Bertz CT molecular complexity index is 739. The number of fused-ring (bicyclic) bond motifs is 1. The zero-order valence-electron chi connectivity index (χ0n) is 11.9. The monoisotopic (exact) mass is 276 g/mol. The number of hydrogen-bond donors (Lipinski definition) is 0. The van der Waals surface area contributed by atoms with E-state index in [9.17, 15) is 0 Å². The molecule has 0 spiro atoms. The molecule has 0 radical (unpaired) electrons. The maximum atomic E-state index is 5.71. The number of allylic oxidation sites excluding steroid dienone is 3. The van der Waals surface area contributed by atoms with E-state index in [4.69, 9.17) is 9.47 Å². The molecule has 0 N–H and O–H groups in total. The maximum absolute atomic E-state index is 5.71. The third kappa shape index (κ3) is 2.36. The molecule has 0 aromatic heterocycles. The van der Waals surface area contributed by atoms with Crippen molar-refractivity contribution < 1.29 is 9.47 Å². The summed E-state index contributed by atoms with van der Waals surface area (Å²) in [6, 6.07) is 15.7. The van der Waals surface area contributed by atoms with E-state index in [1.54, 1.807) is 13.4 Å². The van der Waals surface area contributed by atoms with Crippen LogP contribution >= 0.6 is 0 Å². The average molecular weight is 276 g/mol. The fraction of sp³-hybridized carbons (Fsp3) is 0.0526. The first kappa shape index (κ1) is 13.3. The summed E-state index contributed by atoms with van der Waals surface area (Å²) in [6.45, 7) is 8.37. The highest BCUT2D eigenvalue weighted by Crippen LogP contribution is 2.41. The maximum Gasteiger partial charge on any atom is 0.134 e. The molecule has 0 bridgehead atoms. The van der Waals surface area contributed by atoms with Crippen molar-refractivity contribution in [2.45, 2.75) is 0 Å². The summed E-state index contributed by atoms with van der Waals surface area (Å²) in [5.41, 5.74) is 4.68. The molecule has 0 saturated carbocycles. The van der Waals surface area contributed by atoms with E-state index in [1.807, 2.05) is 48.5 Å². The fourth-order valence-electron chi connectivity index (χ4n) is 2.36. The second-order valence-electron chi connectivity index (χ2n) is 4.83. The van der Waals surface area contributed by atoms with Gasteiger partial charge in [-0.25, -0.2) is 0 Å². The van der Waals surface area contributed by atoms with Gasteiger partial charge >= 0.3 is 0 Å². The molecule has 104 valence electrons. The Labute approximate surface area is 124 Å². The second-order valence-corrected chi connectivity index (χ2v) is 4.83. The lowest BCUT2D eigenvalue weighted by molar-refractivity contribution is 0.412. The van der Waals surface area contributed by atoms with Crippen molar-refractivity contribution in [3.63, 3.8) is 0 Å². The molecule has 0 unspecified atom stereocenters. The summed E-state index contributed by atoms with van der Waals surface area (Å²) in [5.74, 6) is 1.57. The van der Waals surface area contributed by atoms with E-state index in [-0.39, 0.29) is 0 Å². The van der Waals surface area contributed by atoms with Crippen molar-refractivity contribution in [1.82, 2.24) is 0 Å². The Balaban J connectivity index is 1.98. The SMILES string of the molecule is C=C(C1=COc2ccc(OC)cc2C1=C)c1ccccc1. The van der Waals surface area contributed by atoms with Crippen LogP contribution < -0.4 is 9.47 Å². The molecule has 21 heavy (non-hydrogen) atoms. The van der Waals surface area contributed by atoms with E-state index < -0.39 is 0 Å². The lowest BCUT2D eigenvalue weighted by atomic mass is 9.89. The minimum Gasteiger partial charge on any atom is -0.497 e. The molecule has 0 atom stereocenters. The van der Waals surface area contributed by atoms with Crippen LogP contribution in [-0.4, -0.2) is 7.11 Å². The molecule has 0 saturated heterocycles. The first-order chi connectivity index (χ1) is 10.2. The summed E-state index contributed by atoms with van der Waals surface area (Å²) in [4.78, 5) is 0. The zero-order valence-corrected chi connectivity index (χ0v) is 11.9. The van der Waals surface area contributed by atoms with Gasteiger partial charge in [-0.3, -0.25) is 0 Å². The Kier molecular flexibility index (Phi) is 3.36. The Morgan fingerprint density at radius 1 is 1.10 bits per heavy atom. The molecule has 3 rings (SSSR count). The summed E-state index contributed by atoms with van der Waals surface area (Å²) in [7, 11) is 1.65. The van der Waals surface area contributed by atoms with Gasteiger partial charge < -0.3 is 9.47 Å². The van der Waals surface area contributed by atoms with Crippen molar-refractivity contribution >= 4 is 11.1 Å². The molecule has 1 aliphatic heterocycles. The van der Waals surface area contributed by atoms with Gasteiger partial charge in [-0.2, -0.15) is 0 Å². The molecule has 2 nitrogen and oxygen atoms in total. The number of rotatable bonds is 3. The Morgan fingerprint density at radius 3 is 2.57 bits per heavy atom. The van der Waals surface area contributed by atoms with E-state index in [1.165, 1.54) is 0 Å². The van der Waals surface area contributed by atoms with E-state index in [2.05, 4.69) is 13.2 Å². The van der Waals surface area contributed by atoms with Crippen LogP contribution in [0.2, 0.25) is 0 Å². The largest absolute Gasteiger partial charge is 0.497 e. The highest BCUT2D eigenvalue weighted by atomic mass is 16.5. The van der Waals surface area contributed by atoms with Gasteiger partial charge in [-0.1, -0.05) is 43.5 Å². The predicted molar refractivity (Wildman–Crippen MR) is 86.2 cm³/mol. The lowest BCUT2D eigenvalue weighted by Crippen LogP contribution is -2.03. The third-order valence-electron chi connectivity index (χ3n) is 3.59. The van der Waals surface area contributed by atoms with Crippen molar-refractivity contribution in [3.05, 3.63) is 84.7 Å². The summed E-state index contributed by atoms with van der Waals surface area (Å²) in [6.07, 6.45) is 1.71. The van der Waals surface area contributed by atoms with Crippen molar-refractivity contribution in [1.29, 1.82) is 0 Å². The molecule has 1 aliphatic rings. The van der Waals surface area contributed by atoms with Crippen LogP contribution in [0.1, 0.15) is 11.1 Å². The molecular weight excluding hydrogens is 260 g/mol. The first-order valence-corrected chi connectivity index (χ1v) is 6.70. The molecule has 0 aliphatic carbocycles. The Hall–Kier alpha value is -2.74. The predicted octanol–water partition coefficient (Wildman–Crippen LogP) is 4.70. The minimum atomic E-state index is 0.782. The second kappa shape index (κ2) is 5.33. The van der Waals surface area contributed by atoms with Crippen molar-refractivity contribution in [2.24, 2.45) is 0 Å². The van der Waals surface area contributed by atoms with Gasteiger partial charge in [0.2, 0.25) is 0 Å². The van der Waals surface area contributed by atoms with Crippen LogP contribution in [0.5, 0.6) is 11.5 Å². The van der Waals surface area contributed by atoms with Gasteiger partial charge in [0, 0.05) is 11.1 Å². The van der Waals surface area contributed by atoms with Gasteiger partial charge in [-0.15, -0.1) is 0 Å². The first-order valence-electron chi connectivity index (χ1n) is 6.70. The topological polar surface area (TPSA) is 18.5 Å². The van der Waals surface area contributed by atoms with Gasteiger partial charge in [0.1, 0.15) is 11.5 Å². The minimum absolute atomic E-state index is 0.782. The molecular formula is C19H16O2.